The Hall–Kier alpha value is -0.790. The summed E-state index contributed by atoms with van der Waals surface area (Å²) in [6.45, 7) is 0. The zero-order chi connectivity index (χ0) is 14.9. The molecule has 1 N–H and O–H groups in total. The van der Waals surface area contributed by atoms with Gasteiger partial charge in [0.1, 0.15) is 0 Å². The second-order valence-electron chi connectivity index (χ2n) is 4.47. The van der Waals surface area contributed by atoms with Crippen LogP contribution in [-0.2, 0) is 9.53 Å². The molecule has 0 unspecified atom stereocenters. The average Bonchev–Trinajstić information content (AvgIpc) is 2.26. The van der Waals surface area contributed by atoms with Gasteiger partial charge in [-0.05, 0) is 47.0 Å². The maximum Gasteiger partial charge on any atom is 0.522 e. The second-order valence-corrected chi connectivity index (χ2v) is 5.73. The molecule has 0 bridgehead atoms. The van der Waals surface area contributed by atoms with E-state index in [1.54, 1.807) is 18.2 Å². The standard InChI is InChI=1S/C12H10BrClF3NO2/c13-9-5-7(1-2-10(9)14)18-11(19)6-3-8(4-6)20-12(15,16)17/h1-2,5-6,8H,3-4H2,(H,18,19). The van der Waals surface area contributed by atoms with E-state index in [1.165, 1.54) is 0 Å². The predicted molar refractivity (Wildman–Crippen MR) is 71.4 cm³/mol. The van der Waals surface area contributed by atoms with E-state index in [4.69, 9.17) is 11.6 Å². The van der Waals surface area contributed by atoms with E-state index in [-0.39, 0.29) is 18.7 Å². The Morgan fingerprint density at radius 3 is 2.60 bits per heavy atom. The summed E-state index contributed by atoms with van der Waals surface area (Å²) in [5.74, 6) is -0.780. The molecular weight excluding hydrogens is 362 g/mol. The molecular formula is C12H10BrClF3NO2. The van der Waals surface area contributed by atoms with Crippen LogP contribution in [0.1, 0.15) is 12.8 Å². The number of halogens is 5. The lowest BCUT2D eigenvalue weighted by Crippen LogP contribution is -2.41. The zero-order valence-corrected chi connectivity index (χ0v) is 12.3. The Bertz CT molecular complexity index is 518. The fraction of sp³-hybridized carbons (Fsp3) is 0.417. The molecule has 1 aliphatic carbocycles. The molecule has 0 radical (unpaired) electrons. The van der Waals surface area contributed by atoms with Gasteiger partial charge in [0.05, 0.1) is 11.1 Å². The number of hydrogen-bond acceptors (Lipinski definition) is 2. The van der Waals surface area contributed by atoms with Crippen molar-refractivity contribution in [3.8, 4) is 0 Å². The summed E-state index contributed by atoms with van der Waals surface area (Å²) in [6.07, 6.45) is -5.43. The number of nitrogens with one attached hydrogen (secondary N) is 1. The largest absolute Gasteiger partial charge is 0.522 e. The molecule has 20 heavy (non-hydrogen) atoms. The van der Waals surface area contributed by atoms with Crippen LogP contribution in [0.2, 0.25) is 5.02 Å². The number of carbonyl (C=O) groups is 1. The lowest BCUT2D eigenvalue weighted by atomic mass is 9.81. The number of hydrogen-bond donors (Lipinski definition) is 1. The number of anilines is 1. The number of benzene rings is 1. The average molecular weight is 373 g/mol. The Morgan fingerprint density at radius 1 is 1.40 bits per heavy atom. The van der Waals surface area contributed by atoms with E-state index in [0.717, 1.165) is 0 Å². The van der Waals surface area contributed by atoms with Crippen LogP contribution in [0.25, 0.3) is 0 Å². The summed E-state index contributed by atoms with van der Waals surface area (Å²) in [7, 11) is 0. The van der Waals surface area contributed by atoms with E-state index in [2.05, 4.69) is 26.0 Å². The first-order valence-electron chi connectivity index (χ1n) is 5.75. The van der Waals surface area contributed by atoms with E-state index < -0.39 is 18.4 Å². The first-order valence-corrected chi connectivity index (χ1v) is 6.92. The molecule has 8 heteroatoms. The van der Waals surface area contributed by atoms with Gasteiger partial charge in [-0.25, -0.2) is 0 Å². The van der Waals surface area contributed by atoms with Gasteiger partial charge in [0.2, 0.25) is 5.91 Å². The molecule has 110 valence electrons. The van der Waals surface area contributed by atoms with Crippen LogP contribution in [0.3, 0.4) is 0 Å². The summed E-state index contributed by atoms with van der Waals surface area (Å²) in [4.78, 5) is 11.8. The van der Waals surface area contributed by atoms with Gasteiger partial charge in [-0.15, -0.1) is 13.2 Å². The number of ether oxygens (including phenoxy) is 1. The third-order valence-electron chi connectivity index (χ3n) is 2.95. The van der Waals surface area contributed by atoms with Crippen LogP contribution in [0, 0.1) is 5.92 Å². The van der Waals surface area contributed by atoms with Crippen molar-refractivity contribution >= 4 is 39.1 Å². The van der Waals surface area contributed by atoms with Crippen molar-refractivity contribution in [2.24, 2.45) is 5.92 Å². The maximum atomic E-state index is 11.9. The normalized spacial score (nSPS) is 22.2. The van der Waals surface area contributed by atoms with Crippen LogP contribution in [0.15, 0.2) is 22.7 Å². The molecule has 0 aromatic heterocycles. The van der Waals surface area contributed by atoms with Gasteiger partial charge in [0, 0.05) is 16.1 Å². The summed E-state index contributed by atoms with van der Waals surface area (Å²) in [6, 6.07) is 4.85. The fourth-order valence-electron chi connectivity index (χ4n) is 1.88. The quantitative estimate of drug-likeness (QED) is 0.856. The smallest absolute Gasteiger partial charge is 0.326 e. The minimum absolute atomic E-state index is 0.0695. The van der Waals surface area contributed by atoms with E-state index >= 15 is 0 Å². The van der Waals surface area contributed by atoms with Crippen molar-refractivity contribution in [2.75, 3.05) is 5.32 Å². The van der Waals surface area contributed by atoms with E-state index in [9.17, 15) is 18.0 Å². The third kappa shape index (κ3) is 4.10. The Labute approximate surface area is 126 Å². The van der Waals surface area contributed by atoms with Crippen molar-refractivity contribution < 1.29 is 22.7 Å². The Balaban J connectivity index is 1.84. The Kier molecular flexibility index (Phi) is 4.61. The predicted octanol–water partition coefficient (Wildman–Crippen LogP) is 4.36. The number of carbonyl (C=O) groups excluding carboxylic acids is 1. The van der Waals surface area contributed by atoms with Gasteiger partial charge in [0.25, 0.3) is 0 Å². The molecule has 0 spiro atoms. The first-order chi connectivity index (χ1) is 9.24. The summed E-state index contributed by atoms with van der Waals surface area (Å²) < 4.78 is 40.3. The van der Waals surface area contributed by atoms with Gasteiger partial charge < -0.3 is 5.32 Å². The van der Waals surface area contributed by atoms with Crippen LogP contribution in [-0.4, -0.2) is 18.4 Å². The van der Waals surface area contributed by atoms with E-state index in [1.807, 2.05) is 0 Å². The van der Waals surface area contributed by atoms with Crippen molar-refractivity contribution in [3.05, 3.63) is 27.7 Å². The number of amides is 1. The lowest BCUT2D eigenvalue weighted by Gasteiger charge is -2.34. The molecule has 1 fully saturated rings. The monoisotopic (exact) mass is 371 g/mol. The molecule has 2 rings (SSSR count). The lowest BCUT2D eigenvalue weighted by molar-refractivity contribution is -0.353. The van der Waals surface area contributed by atoms with Gasteiger partial charge in [-0.2, -0.15) is 0 Å². The van der Waals surface area contributed by atoms with Gasteiger partial charge in [-0.3, -0.25) is 9.53 Å². The molecule has 1 aromatic carbocycles. The topological polar surface area (TPSA) is 38.3 Å². The van der Waals surface area contributed by atoms with Gasteiger partial charge >= 0.3 is 6.36 Å². The van der Waals surface area contributed by atoms with Crippen LogP contribution < -0.4 is 5.32 Å². The molecule has 3 nitrogen and oxygen atoms in total. The minimum atomic E-state index is -4.65. The van der Waals surface area contributed by atoms with Gasteiger partial charge in [-0.1, -0.05) is 11.6 Å². The molecule has 1 amide bonds. The molecule has 1 saturated carbocycles. The first kappa shape index (κ1) is 15.6. The molecule has 0 aliphatic heterocycles. The van der Waals surface area contributed by atoms with Crippen molar-refractivity contribution in [2.45, 2.75) is 25.3 Å². The highest BCUT2D eigenvalue weighted by molar-refractivity contribution is 9.10. The minimum Gasteiger partial charge on any atom is -0.326 e. The summed E-state index contributed by atoms with van der Waals surface area (Å²) >= 11 is 9.03. The fourth-order valence-corrected chi connectivity index (χ4v) is 2.38. The van der Waals surface area contributed by atoms with E-state index in [0.29, 0.717) is 15.2 Å². The Morgan fingerprint density at radius 2 is 2.05 bits per heavy atom. The highest BCUT2D eigenvalue weighted by Gasteiger charge is 2.42. The molecule has 0 atom stereocenters. The number of alkyl halides is 3. The molecule has 1 aliphatic rings. The van der Waals surface area contributed by atoms with Gasteiger partial charge in [0.15, 0.2) is 0 Å². The van der Waals surface area contributed by atoms with Crippen LogP contribution in [0.5, 0.6) is 0 Å². The van der Waals surface area contributed by atoms with Crippen molar-refractivity contribution in [3.63, 3.8) is 0 Å². The third-order valence-corrected chi connectivity index (χ3v) is 4.17. The zero-order valence-electron chi connectivity index (χ0n) is 10.0. The summed E-state index contributed by atoms with van der Waals surface area (Å²) in [5.41, 5.74) is 0.534. The maximum absolute atomic E-state index is 11.9. The highest BCUT2D eigenvalue weighted by Crippen LogP contribution is 2.35. The second kappa shape index (κ2) is 5.91. The van der Waals surface area contributed by atoms with Crippen molar-refractivity contribution in [1.82, 2.24) is 0 Å². The summed E-state index contributed by atoms with van der Waals surface area (Å²) in [5, 5.41) is 3.14. The SMILES string of the molecule is O=C(Nc1ccc(Cl)c(Br)c1)C1CC(OC(F)(F)F)C1. The molecule has 0 saturated heterocycles. The van der Waals surface area contributed by atoms with Crippen LogP contribution >= 0.6 is 27.5 Å². The van der Waals surface area contributed by atoms with Crippen molar-refractivity contribution in [1.29, 1.82) is 0 Å². The molecule has 0 heterocycles. The highest BCUT2D eigenvalue weighted by atomic mass is 79.9. The molecule has 1 aromatic rings. The number of rotatable bonds is 3. The van der Waals surface area contributed by atoms with Crippen LogP contribution in [0.4, 0.5) is 18.9 Å².